The van der Waals surface area contributed by atoms with Crippen LogP contribution in [0.4, 0.5) is 5.13 Å². The molecule has 0 fully saturated rings. The second-order valence-electron chi connectivity index (χ2n) is 7.62. The van der Waals surface area contributed by atoms with Gasteiger partial charge in [0.05, 0.1) is 22.4 Å². The number of ether oxygens (including phenoxy) is 1. The normalized spacial score (nSPS) is 11.7. The number of hydrogen-bond donors (Lipinski definition) is 1. The summed E-state index contributed by atoms with van der Waals surface area (Å²) in [5, 5.41) is 3.26. The highest BCUT2D eigenvalue weighted by molar-refractivity contribution is 7.22. The number of fused-ring (bicyclic) bond motifs is 1. The van der Waals surface area contributed by atoms with Gasteiger partial charge < -0.3 is 4.74 Å². The maximum atomic E-state index is 12.2. The number of hydrogen-bond acceptors (Lipinski definition) is 5. The standard InChI is InChI=1S/C23H24N2O3S/c1-5-28-21(27)16-9-12-18-19(14-16)29-22(24-18)25-20(26)13-8-15-6-10-17(11-7-15)23(2,3)4/h6-14H,5H2,1-4H3,(H,24,25,26)/b13-8+. The number of aromatic nitrogens is 1. The molecule has 1 amide bonds. The van der Waals surface area contributed by atoms with E-state index in [4.69, 9.17) is 4.74 Å². The molecule has 0 unspecified atom stereocenters. The molecule has 29 heavy (non-hydrogen) atoms. The van der Waals surface area contributed by atoms with Gasteiger partial charge in [-0.25, -0.2) is 9.78 Å². The van der Waals surface area contributed by atoms with Gasteiger partial charge in [0.2, 0.25) is 5.91 Å². The van der Waals surface area contributed by atoms with Crippen LogP contribution in [0.5, 0.6) is 0 Å². The minimum atomic E-state index is -0.367. The molecular weight excluding hydrogens is 384 g/mol. The van der Waals surface area contributed by atoms with Gasteiger partial charge in [-0.2, -0.15) is 0 Å². The smallest absolute Gasteiger partial charge is 0.338 e. The van der Waals surface area contributed by atoms with Crippen LogP contribution in [0.1, 0.15) is 49.2 Å². The van der Waals surface area contributed by atoms with Crippen LogP contribution in [0.25, 0.3) is 16.3 Å². The van der Waals surface area contributed by atoms with Gasteiger partial charge in [0.25, 0.3) is 0 Å². The van der Waals surface area contributed by atoms with Gasteiger partial charge in [-0.15, -0.1) is 0 Å². The molecule has 2 aromatic carbocycles. The molecule has 0 radical (unpaired) electrons. The van der Waals surface area contributed by atoms with Crippen molar-refractivity contribution in [2.45, 2.75) is 33.1 Å². The highest BCUT2D eigenvalue weighted by atomic mass is 32.1. The molecule has 3 aromatic rings. The van der Waals surface area contributed by atoms with Crippen molar-refractivity contribution in [2.24, 2.45) is 0 Å². The predicted octanol–water partition coefficient (Wildman–Crippen LogP) is 5.42. The van der Waals surface area contributed by atoms with Gasteiger partial charge in [-0.05, 0) is 47.7 Å². The van der Waals surface area contributed by atoms with Gasteiger partial charge in [-0.3, -0.25) is 10.1 Å². The minimum absolute atomic E-state index is 0.0968. The van der Waals surface area contributed by atoms with Gasteiger partial charge in [0.15, 0.2) is 5.13 Å². The van der Waals surface area contributed by atoms with E-state index in [1.54, 1.807) is 31.2 Å². The molecule has 0 saturated carbocycles. The summed E-state index contributed by atoms with van der Waals surface area (Å²) < 4.78 is 5.83. The molecule has 0 atom stereocenters. The van der Waals surface area contributed by atoms with Crippen LogP contribution in [0.3, 0.4) is 0 Å². The van der Waals surface area contributed by atoms with Crippen molar-refractivity contribution in [3.63, 3.8) is 0 Å². The number of benzene rings is 2. The average molecular weight is 409 g/mol. The Bertz CT molecular complexity index is 1060. The molecule has 0 aliphatic carbocycles. The maximum Gasteiger partial charge on any atom is 0.338 e. The largest absolute Gasteiger partial charge is 0.462 e. The Morgan fingerprint density at radius 3 is 2.52 bits per heavy atom. The number of anilines is 1. The van der Waals surface area contributed by atoms with E-state index in [1.807, 2.05) is 12.1 Å². The predicted molar refractivity (Wildman–Crippen MR) is 118 cm³/mol. The summed E-state index contributed by atoms with van der Waals surface area (Å²) >= 11 is 1.32. The summed E-state index contributed by atoms with van der Waals surface area (Å²) in [6, 6.07) is 13.3. The summed E-state index contributed by atoms with van der Waals surface area (Å²) in [5.74, 6) is -0.622. The zero-order valence-corrected chi connectivity index (χ0v) is 17.8. The lowest BCUT2D eigenvalue weighted by Gasteiger charge is -2.18. The first-order valence-electron chi connectivity index (χ1n) is 9.43. The van der Waals surface area contributed by atoms with Crippen molar-refractivity contribution in [1.29, 1.82) is 0 Å². The van der Waals surface area contributed by atoms with E-state index < -0.39 is 0 Å². The van der Waals surface area contributed by atoms with Gasteiger partial charge in [0, 0.05) is 6.08 Å². The fraction of sp³-hybridized carbons (Fsp3) is 0.261. The molecule has 3 rings (SSSR count). The van der Waals surface area contributed by atoms with Gasteiger partial charge in [0.1, 0.15) is 0 Å². The van der Waals surface area contributed by atoms with Crippen molar-refractivity contribution in [3.8, 4) is 0 Å². The fourth-order valence-electron chi connectivity index (χ4n) is 2.73. The summed E-state index contributed by atoms with van der Waals surface area (Å²) in [6.07, 6.45) is 3.26. The zero-order chi connectivity index (χ0) is 21.0. The van der Waals surface area contributed by atoms with E-state index in [9.17, 15) is 9.59 Å². The SMILES string of the molecule is CCOC(=O)c1ccc2nc(NC(=O)/C=C/c3ccc(C(C)(C)C)cc3)sc2c1. The summed E-state index contributed by atoms with van der Waals surface area (Å²) in [4.78, 5) is 28.5. The Hall–Kier alpha value is -2.99. The first kappa shape index (κ1) is 20.7. The third kappa shape index (κ3) is 5.29. The Morgan fingerprint density at radius 1 is 1.14 bits per heavy atom. The fourth-order valence-corrected chi connectivity index (χ4v) is 3.64. The molecule has 0 saturated heterocycles. The van der Waals surface area contributed by atoms with E-state index in [-0.39, 0.29) is 17.3 Å². The van der Waals surface area contributed by atoms with Crippen LogP contribution in [-0.2, 0) is 14.9 Å². The van der Waals surface area contributed by atoms with Crippen molar-refractivity contribution >= 4 is 44.6 Å². The zero-order valence-electron chi connectivity index (χ0n) is 17.0. The average Bonchev–Trinajstić information content (AvgIpc) is 3.07. The number of esters is 1. The molecule has 0 aliphatic rings. The molecular formula is C23H24N2O3S. The lowest BCUT2D eigenvalue weighted by molar-refractivity contribution is -0.111. The number of amides is 1. The summed E-state index contributed by atoms with van der Waals surface area (Å²) in [6.45, 7) is 8.59. The van der Waals surface area contributed by atoms with Crippen molar-refractivity contribution in [3.05, 3.63) is 65.2 Å². The van der Waals surface area contributed by atoms with E-state index >= 15 is 0 Å². The first-order valence-corrected chi connectivity index (χ1v) is 10.3. The molecule has 0 bridgehead atoms. The van der Waals surface area contributed by atoms with Crippen LogP contribution in [0.2, 0.25) is 0 Å². The van der Waals surface area contributed by atoms with Crippen molar-refractivity contribution in [2.75, 3.05) is 11.9 Å². The maximum absolute atomic E-state index is 12.2. The van der Waals surface area contributed by atoms with E-state index in [1.165, 1.54) is 23.0 Å². The highest BCUT2D eigenvalue weighted by Crippen LogP contribution is 2.27. The third-order valence-electron chi connectivity index (χ3n) is 4.33. The number of nitrogens with zero attached hydrogens (tertiary/aromatic N) is 1. The van der Waals surface area contributed by atoms with Gasteiger partial charge in [-0.1, -0.05) is 56.4 Å². The Balaban J connectivity index is 1.67. The molecule has 6 heteroatoms. The van der Waals surface area contributed by atoms with E-state index in [0.29, 0.717) is 17.3 Å². The topological polar surface area (TPSA) is 68.3 Å². The minimum Gasteiger partial charge on any atom is -0.462 e. The molecule has 1 aromatic heterocycles. The van der Waals surface area contributed by atoms with Crippen LogP contribution in [0.15, 0.2) is 48.5 Å². The van der Waals surface area contributed by atoms with Crippen LogP contribution in [0, 0.1) is 0 Å². The Labute approximate surface area is 174 Å². The quantitative estimate of drug-likeness (QED) is 0.452. The molecule has 1 heterocycles. The lowest BCUT2D eigenvalue weighted by Crippen LogP contribution is -2.10. The number of carbonyl (C=O) groups excluding carboxylic acids is 2. The number of nitrogens with one attached hydrogen (secondary N) is 1. The van der Waals surface area contributed by atoms with Crippen molar-refractivity contribution in [1.82, 2.24) is 4.98 Å². The monoisotopic (exact) mass is 408 g/mol. The van der Waals surface area contributed by atoms with Crippen LogP contribution in [-0.4, -0.2) is 23.5 Å². The lowest BCUT2D eigenvalue weighted by atomic mass is 9.87. The summed E-state index contributed by atoms with van der Waals surface area (Å²) in [5.41, 5.74) is 3.49. The van der Waals surface area contributed by atoms with Crippen LogP contribution >= 0.6 is 11.3 Å². The number of thiazole rings is 1. The summed E-state index contributed by atoms with van der Waals surface area (Å²) in [7, 11) is 0. The van der Waals surface area contributed by atoms with E-state index in [2.05, 4.69) is 43.2 Å². The number of carbonyl (C=O) groups is 2. The molecule has 0 aliphatic heterocycles. The Morgan fingerprint density at radius 2 is 1.86 bits per heavy atom. The molecule has 0 spiro atoms. The first-order chi connectivity index (χ1) is 13.8. The highest BCUT2D eigenvalue weighted by Gasteiger charge is 2.13. The molecule has 150 valence electrons. The second kappa shape index (κ2) is 8.57. The third-order valence-corrected chi connectivity index (χ3v) is 5.27. The molecule has 1 N–H and O–H groups in total. The molecule has 5 nitrogen and oxygen atoms in total. The Kier molecular flexibility index (Phi) is 6.13. The number of rotatable bonds is 5. The second-order valence-corrected chi connectivity index (χ2v) is 8.65. The van der Waals surface area contributed by atoms with Gasteiger partial charge >= 0.3 is 5.97 Å². The van der Waals surface area contributed by atoms with Crippen LogP contribution < -0.4 is 5.32 Å². The van der Waals surface area contributed by atoms with Crippen molar-refractivity contribution < 1.29 is 14.3 Å². The van der Waals surface area contributed by atoms with E-state index in [0.717, 1.165) is 15.8 Å².